The Morgan fingerprint density at radius 3 is 2.05 bits per heavy atom. The first-order valence-electron chi connectivity index (χ1n) is 13.9. The van der Waals surface area contributed by atoms with Crippen molar-refractivity contribution < 1.29 is 14.3 Å². The molecule has 6 heteroatoms. The van der Waals surface area contributed by atoms with Gasteiger partial charge in [0.25, 0.3) is 11.8 Å². The number of anilines is 2. The number of nitrogens with zero attached hydrogens (tertiary/aromatic N) is 2. The van der Waals surface area contributed by atoms with Crippen LogP contribution in [0.15, 0.2) is 140 Å². The van der Waals surface area contributed by atoms with Gasteiger partial charge in [-0.05, 0) is 59.7 Å². The number of para-hydroxylation sites is 3. The topological polar surface area (TPSA) is 49.9 Å². The summed E-state index contributed by atoms with van der Waals surface area (Å²) in [7, 11) is 0. The van der Waals surface area contributed by atoms with Crippen LogP contribution in [0.4, 0.5) is 11.4 Å². The smallest absolute Gasteiger partial charge is 0.271 e. The van der Waals surface area contributed by atoms with Gasteiger partial charge in [0, 0.05) is 17.0 Å². The Balaban J connectivity index is 1.49. The lowest BCUT2D eigenvalue weighted by Gasteiger charge is -2.56. The van der Waals surface area contributed by atoms with Crippen molar-refractivity contribution in [1.82, 2.24) is 0 Å². The Morgan fingerprint density at radius 2 is 1.36 bits per heavy atom. The second kappa shape index (κ2) is 10.5. The molecule has 5 aromatic carbocycles. The molecule has 5 nitrogen and oxygen atoms in total. The van der Waals surface area contributed by atoms with Gasteiger partial charge in [0.2, 0.25) is 6.10 Å². The first kappa shape index (κ1) is 26.1. The zero-order valence-corrected chi connectivity index (χ0v) is 23.4. The second-order valence-electron chi connectivity index (χ2n) is 10.6. The number of ether oxygens (including phenoxy) is 1. The number of amides is 2. The van der Waals surface area contributed by atoms with Gasteiger partial charge < -0.3 is 4.74 Å². The highest BCUT2D eigenvalue weighted by atomic mass is 35.5. The van der Waals surface area contributed by atoms with Crippen molar-refractivity contribution in [1.29, 1.82) is 0 Å². The summed E-state index contributed by atoms with van der Waals surface area (Å²) in [6, 6.07) is 43.4. The molecule has 0 bridgehead atoms. The molecule has 0 N–H and O–H groups in total. The molecular weight excluding hydrogens is 544 g/mol. The maximum absolute atomic E-state index is 14.5. The molecule has 206 valence electrons. The molecule has 42 heavy (non-hydrogen) atoms. The Labute approximate surface area is 249 Å². The van der Waals surface area contributed by atoms with Gasteiger partial charge in [0.05, 0.1) is 17.4 Å². The van der Waals surface area contributed by atoms with Crippen LogP contribution < -0.4 is 14.5 Å². The Bertz CT molecular complexity index is 1760. The summed E-state index contributed by atoms with van der Waals surface area (Å²) < 4.78 is 6.53. The van der Waals surface area contributed by atoms with Crippen molar-refractivity contribution in [3.63, 3.8) is 0 Å². The van der Waals surface area contributed by atoms with Gasteiger partial charge in [-0.3, -0.25) is 19.4 Å². The zero-order chi connectivity index (χ0) is 28.7. The molecule has 2 heterocycles. The molecule has 0 aromatic heterocycles. The normalized spacial score (nSPS) is 21.0. The Morgan fingerprint density at radius 1 is 0.738 bits per heavy atom. The number of hydrogen-bond donors (Lipinski definition) is 0. The SMILES string of the molecule is O=C(c1ccccc1)N1c2ccccc2N2C(=O)[C@H](Oc3ccccc3)[C@@]2(c2ccccc2)C[C@@H]1c1cccc(Cl)c1. The number of β-lactam (4-membered cyclic amide) rings is 1. The third-order valence-corrected chi connectivity index (χ3v) is 8.45. The molecule has 0 unspecified atom stereocenters. The minimum Gasteiger partial charge on any atom is -0.478 e. The van der Waals surface area contributed by atoms with E-state index in [-0.39, 0.29) is 11.8 Å². The van der Waals surface area contributed by atoms with E-state index in [1.165, 1.54) is 0 Å². The Kier molecular flexibility index (Phi) is 6.52. The highest BCUT2D eigenvalue weighted by molar-refractivity contribution is 6.30. The van der Waals surface area contributed by atoms with Crippen LogP contribution in [-0.4, -0.2) is 17.9 Å². The molecule has 1 fully saturated rings. The van der Waals surface area contributed by atoms with Crippen molar-refractivity contribution in [3.05, 3.63) is 161 Å². The number of halogens is 1. The molecule has 0 aliphatic carbocycles. The number of fused-ring (bicyclic) bond motifs is 3. The van der Waals surface area contributed by atoms with Crippen molar-refractivity contribution in [2.24, 2.45) is 0 Å². The Hall–Kier alpha value is -4.87. The van der Waals surface area contributed by atoms with Crippen LogP contribution in [0.25, 0.3) is 0 Å². The van der Waals surface area contributed by atoms with Gasteiger partial charge in [-0.2, -0.15) is 0 Å². The van der Waals surface area contributed by atoms with Crippen LogP contribution in [0.1, 0.15) is 33.9 Å². The third-order valence-electron chi connectivity index (χ3n) is 8.22. The largest absolute Gasteiger partial charge is 0.478 e. The molecule has 0 radical (unpaired) electrons. The number of carbonyl (C=O) groups is 2. The highest BCUT2D eigenvalue weighted by Crippen LogP contribution is 2.57. The summed E-state index contributed by atoms with van der Waals surface area (Å²) in [5, 5.41) is 0.574. The lowest BCUT2D eigenvalue weighted by atomic mass is 9.70. The fraction of sp³-hybridized carbons (Fsp3) is 0.111. The number of carbonyl (C=O) groups excluding carboxylic acids is 2. The zero-order valence-electron chi connectivity index (χ0n) is 22.6. The highest BCUT2D eigenvalue weighted by Gasteiger charge is 2.66. The van der Waals surface area contributed by atoms with Crippen LogP contribution in [0, 0.1) is 0 Å². The van der Waals surface area contributed by atoms with Crippen LogP contribution in [0.3, 0.4) is 0 Å². The molecule has 2 amide bonds. The van der Waals surface area contributed by atoms with Crippen molar-refractivity contribution in [2.45, 2.75) is 24.1 Å². The van der Waals surface area contributed by atoms with Crippen molar-refractivity contribution >= 4 is 34.8 Å². The second-order valence-corrected chi connectivity index (χ2v) is 11.0. The van der Waals surface area contributed by atoms with E-state index in [1.807, 2.05) is 149 Å². The van der Waals surface area contributed by atoms with Gasteiger partial charge in [0.15, 0.2) is 0 Å². The molecule has 0 saturated carbocycles. The summed E-state index contributed by atoms with van der Waals surface area (Å²) in [6.07, 6.45) is -0.433. The standard InChI is InChI=1S/C36H27ClN2O3/c37-28-18-12-15-26(23-28)32-24-36(27-16-6-2-7-17-27)33(42-29-19-8-3-9-20-29)35(41)39(36)31-22-11-10-21-30(31)38(32)34(40)25-13-4-1-5-14-25/h1-23,32-33H,24H2/t32-,33+,36+/m1/s1. The lowest BCUT2D eigenvalue weighted by molar-refractivity contribution is -0.142. The quantitative estimate of drug-likeness (QED) is 0.202. The number of benzene rings is 5. The van der Waals surface area contributed by atoms with Crippen LogP contribution in [-0.2, 0) is 10.3 Å². The van der Waals surface area contributed by atoms with Crippen molar-refractivity contribution in [3.8, 4) is 5.75 Å². The van der Waals surface area contributed by atoms with Gasteiger partial charge in [-0.15, -0.1) is 0 Å². The first-order valence-corrected chi connectivity index (χ1v) is 14.3. The average Bonchev–Trinajstić information content (AvgIpc) is 3.16. The van der Waals surface area contributed by atoms with Gasteiger partial charge >= 0.3 is 0 Å². The van der Waals surface area contributed by atoms with Crippen LogP contribution in [0.5, 0.6) is 5.75 Å². The fourth-order valence-corrected chi connectivity index (χ4v) is 6.57. The van der Waals surface area contributed by atoms with E-state index < -0.39 is 17.7 Å². The molecule has 5 aromatic rings. The summed E-state index contributed by atoms with van der Waals surface area (Å²) in [4.78, 5) is 32.3. The van der Waals surface area contributed by atoms with E-state index in [0.29, 0.717) is 34.1 Å². The van der Waals surface area contributed by atoms with Gasteiger partial charge in [0.1, 0.15) is 11.3 Å². The van der Waals surface area contributed by atoms with E-state index in [9.17, 15) is 9.59 Å². The van der Waals surface area contributed by atoms with Crippen LogP contribution in [0.2, 0.25) is 5.02 Å². The lowest BCUT2D eigenvalue weighted by Crippen LogP contribution is -2.74. The predicted octanol–water partition coefficient (Wildman–Crippen LogP) is 7.82. The summed E-state index contributed by atoms with van der Waals surface area (Å²) in [5.74, 6) is 0.292. The first-order chi connectivity index (χ1) is 20.6. The van der Waals surface area contributed by atoms with E-state index in [2.05, 4.69) is 0 Å². The minimum absolute atomic E-state index is 0.158. The maximum atomic E-state index is 14.5. The molecule has 0 spiro atoms. The predicted molar refractivity (Wildman–Crippen MR) is 165 cm³/mol. The van der Waals surface area contributed by atoms with E-state index in [4.69, 9.17) is 16.3 Å². The fourth-order valence-electron chi connectivity index (χ4n) is 6.37. The number of hydrogen-bond acceptors (Lipinski definition) is 3. The monoisotopic (exact) mass is 570 g/mol. The molecule has 2 aliphatic rings. The molecule has 2 aliphatic heterocycles. The van der Waals surface area contributed by atoms with E-state index in [1.54, 1.807) is 0 Å². The van der Waals surface area contributed by atoms with E-state index >= 15 is 0 Å². The molecule has 1 saturated heterocycles. The third kappa shape index (κ3) is 4.16. The van der Waals surface area contributed by atoms with Crippen molar-refractivity contribution in [2.75, 3.05) is 9.80 Å². The van der Waals surface area contributed by atoms with Crippen LogP contribution >= 0.6 is 11.6 Å². The van der Waals surface area contributed by atoms with E-state index in [0.717, 1.165) is 11.1 Å². The maximum Gasteiger partial charge on any atom is 0.271 e. The molecular formula is C36H27ClN2O3. The summed E-state index contributed by atoms with van der Waals surface area (Å²) in [5.41, 5.74) is 2.76. The van der Waals surface area contributed by atoms with Gasteiger partial charge in [-0.25, -0.2) is 0 Å². The molecule has 7 rings (SSSR count). The van der Waals surface area contributed by atoms with Gasteiger partial charge in [-0.1, -0.05) is 103 Å². The number of rotatable bonds is 5. The molecule has 3 atom stereocenters. The average molecular weight is 571 g/mol. The minimum atomic E-state index is -0.914. The summed E-state index contributed by atoms with van der Waals surface area (Å²) >= 11 is 6.55. The summed E-state index contributed by atoms with van der Waals surface area (Å²) in [6.45, 7) is 0.